The van der Waals surface area contributed by atoms with Gasteiger partial charge in [0.15, 0.2) is 9.84 Å². The van der Waals surface area contributed by atoms with Crippen LogP contribution >= 0.6 is 0 Å². The first-order chi connectivity index (χ1) is 16.9. The monoisotopic (exact) mass is 497 g/mol. The van der Waals surface area contributed by atoms with Gasteiger partial charge in [-0.25, -0.2) is 17.6 Å². The molecule has 0 saturated carbocycles. The lowest BCUT2D eigenvalue weighted by Gasteiger charge is -2.12. The van der Waals surface area contributed by atoms with E-state index in [9.17, 15) is 17.6 Å². The second kappa shape index (κ2) is 13.0. The molecule has 0 aliphatic rings. The fourth-order valence-corrected chi connectivity index (χ4v) is 5.44. The minimum Gasteiger partial charge on any atom is -0.478 e. The Bertz CT molecular complexity index is 1210. The first-order valence-corrected chi connectivity index (χ1v) is 13.6. The summed E-state index contributed by atoms with van der Waals surface area (Å²) in [5.41, 5.74) is 3.71. The molecule has 0 amide bonds. The summed E-state index contributed by atoms with van der Waals surface area (Å²) in [6.07, 6.45) is 5.91. The molecule has 2 N–H and O–H groups in total. The molecular weight excluding hydrogens is 465 g/mol. The van der Waals surface area contributed by atoms with Crippen molar-refractivity contribution in [3.63, 3.8) is 0 Å². The van der Waals surface area contributed by atoms with Crippen LogP contribution in [0.2, 0.25) is 0 Å². The van der Waals surface area contributed by atoms with Gasteiger partial charge in [-0.05, 0) is 67.1 Å². The number of carboxylic acid groups (broad SMARTS) is 1. The summed E-state index contributed by atoms with van der Waals surface area (Å²) >= 11 is 0. The number of rotatable bonds is 14. The zero-order valence-electron chi connectivity index (χ0n) is 19.8. The average molecular weight is 498 g/mol. The van der Waals surface area contributed by atoms with E-state index >= 15 is 0 Å². The van der Waals surface area contributed by atoms with Crippen LogP contribution in [0.4, 0.5) is 10.1 Å². The van der Waals surface area contributed by atoms with E-state index in [0.717, 1.165) is 56.3 Å². The second-order valence-electron chi connectivity index (χ2n) is 8.60. The lowest BCUT2D eigenvalue weighted by molar-refractivity contribution is 0.0697. The number of hydrogen-bond donors (Lipinski definition) is 2. The topological polar surface area (TPSA) is 83.5 Å². The van der Waals surface area contributed by atoms with Crippen LogP contribution in [-0.4, -0.2) is 31.8 Å². The highest BCUT2D eigenvalue weighted by molar-refractivity contribution is 7.91. The highest BCUT2D eigenvalue weighted by atomic mass is 32.2. The standard InChI is InChI=1S/C28H32FNO4S/c29-25-11-5-7-13-27(25)35(33,34)21-9-3-1-2-8-20-30-26-12-6-4-10-23(26)17-14-22-15-18-24(19-16-22)28(31)32/h4-7,10-13,15-16,18-19,30H,1-3,8-9,14,17,20-21H2,(H,31,32). The normalized spacial score (nSPS) is 11.3. The number of hydrogen-bond acceptors (Lipinski definition) is 4. The quantitative estimate of drug-likeness (QED) is 0.261. The van der Waals surface area contributed by atoms with Crippen LogP contribution in [0.15, 0.2) is 77.7 Å². The minimum absolute atomic E-state index is 0.0292. The number of carbonyl (C=O) groups is 1. The van der Waals surface area contributed by atoms with E-state index < -0.39 is 21.6 Å². The smallest absolute Gasteiger partial charge is 0.335 e. The van der Waals surface area contributed by atoms with Crippen LogP contribution < -0.4 is 5.32 Å². The molecule has 3 rings (SSSR count). The number of aryl methyl sites for hydroxylation is 2. The Balaban J connectivity index is 1.35. The molecule has 186 valence electrons. The van der Waals surface area contributed by atoms with Crippen LogP contribution in [0.1, 0.15) is 53.6 Å². The number of unbranched alkanes of at least 4 members (excludes halogenated alkanes) is 4. The van der Waals surface area contributed by atoms with E-state index in [1.165, 1.54) is 23.8 Å². The molecule has 0 radical (unpaired) electrons. The van der Waals surface area contributed by atoms with Crippen LogP contribution in [-0.2, 0) is 22.7 Å². The van der Waals surface area contributed by atoms with Gasteiger partial charge in [0.25, 0.3) is 0 Å². The highest BCUT2D eigenvalue weighted by Gasteiger charge is 2.17. The van der Waals surface area contributed by atoms with Crippen molar-refractivity contribution in [2.45, 2.75) is 49.8 Å². The van der Waals surface area contributed by atoms with Gasteiger partial charge in [-0.2, -0.15) is 0 Å². The maximum atomic E-state index is 13.7. The molecule has 0 saturated heterocycles. The average Bonchev–Trinajstić information content (AvgIpc) is 2.85. The number of para-hydroxylation sites is 1. The molecule has 0 atom stereocenters. The van der Waals surface area contributed by atoms with Crippen LogP contribution in [0.25, 0.3) is 0 Å². The largest absolute Gasteiger partial charge is 0.478 e. The lowest BCUT2D eigenvalue weighted by Crippen LogP contribution is -2.09. The number of sulfone groups is 1. The number of aromatic carboxylic acids is 1. The molecule has 5 nitrogen and oxygen atoms in total. The zero-order chi connectivity index (χ0) is 25.1. The Hall–Kier alpha value is -3.19. The van der Waals surface area contributed by atoms with Crippen molar-refractivity contribution in [2.75, 3.05) is 17.6 Å². The minimum atomic E-state index is -3.57. The summed E-state index contributed by atoms with van der Waals surface area (Å²) in [4.78, 5) is 10.8. The van der Waals surface area contributed by atoms with Gasteiger partial charge in [-0.15, -0.1) is 0 Å². The fraction of sp³-hybridized carbons (Fsp3) is 0.321. The van der Waals surface area contributed by atoms with Gasteiger partial charge in [0.2, 0.25) is 0 Å². The Kier molecular flexibility index (Phi) is 9.85. The van der Waals surface area contributed by atoms with E-state index in [4.69, 9.17) is 5.11 Å². The summed E-state index contributed by atoms with van der Waals surface area (Å²) in [6.45, 7) is 0.831. The second-order valence-corrected chi connectivity index (χ2v) is 10.7. The van der Waals surface area contributed by atoms with Crippen molar-refractivity contribution in [2.24, 2.45) is 0 Å². The Morgan fingerprint density at radius 3 is 2.20 bits per heavy atom. The molecule has 3 aromatic rings. The Morgan fingerprint density at radius 2 is 1.46 bits per heavy atom. The molecule has 35 heavy (non-hydrogen) atoms. The number of carboxylic acids is 1. The lowest BCUT2D eigenvalue weighted by atomic mass is 10.0. The van der Waals surface area contributed by atoms with Gasteiger partial charge < -0.3 is 10.4 Å². The third-order valence-corrected chi connectivity index (χ3v) is 7.81. The van der Waals surface area contributed by atoms with Crippen molar-refractivity contribution in [3.8, 4) is 0 Å². The van der Waals surface area contributed by atoms with Crippen molar-refractivity contribution in [1.29, 1.82) is 0 Å². The summed E-state index contributed by atoms with van der Waals surface area (Å²) in [5.74, 6) is -1.63. The number of anilines is 1. The predicted molar refractivity (Wildman–Crippen MR) is 137 cm³/mol. The van der Waals surface area contributed by atoms with Gasteiger partial charge in [-0.3, -0.25) is 0 Å². The molecular formula is C28H32FNO4S. The zero-order valence-corrected chi connectivity index (χ0v) is 20.6. The first-order valence-electron chi connectivity index (χ1n) is 12.0. The van der Waals surface area contributed by atoms with Gasteiger partial charge >= 0.3 is 5.97 Å². The van der Waals surface area contributed by atoms with Crippen molar-refractivity contribution < 1.29 is 22.7 Å². The van der Waals surface area contributed by atoms with E-state index in [0.29, 0.717) is 12.0 Å². The number of nitrogens with one attached hydrogen (secondary N) is 1. The van der Waals surface area contributed by atoms with Crippen LogP contribution in [0.3, 0.4) is 0 Å². The van der Waals surface area contributed by atoms with Crippen LogP contribution in [0, 0.1) is 5.82 Å². The first kappa shape index (κ1) is 26.4. The van der Waals surface area contributed by atoms with E-state index in [1.54, 1.807) is 18.2 Å². The van der Waals surface area contributed by atoms with E-state index in [-0.39, 0.29) is 10.6 Å². The van der Waals surface area contributed by atoms with E-state index in [2.05, 4.69) is 17.4 Å². The third-order valence-electron chi connectivity index (χ3n) is 5.98. The van der Waals surface area contributed by atoms with Crippen molar-refractivity contribution in [3.05, 3.63) is 95.3 Å². The van der Waals surface area contributed by atoms with Gasteiger partial charge in [0.1, 0.15) is 10.7 Å². The molecule has 0 fully saturated rings. The number of benzene rings is 3. The van der Waals surface area contributed by atoms with Crippen LogP contribution in [0.5, 0.6) is 0 Å². The van der Waals surface area contributed by atoms with Gasteiger partial charge in [0, 0.05) is 12.2 Å². The molecule has 0 aromatic heterocycles. The third kappa shape index (κ3) is 8.21. The SMILES string of the molecule is O=C(O)c1ccc(CCc2ccccc2NCCCCCCCS(=O)(=O)c2ccccc2F)cc1. The Labute approximate surface area is 206 Å². The molecule has 0 aliphatic carbocycles. The summed E-state index contributed by atoms with van der Waals surface area (Å²) in [5, 5.41) is 12.5. The molecule has 3 aromatic carbocycles. The Morgan fingerprint density at radius 1 is 0.800 bits per heavy atom. The molecule has 0 heterocycles. The van der Waals surface area contributed by atoms with Gasteiger partial charge in [-0.1, -0.05) is 61.7 Å². The molecule has 0 spiro atoms. The predicted octanol–water partition coefficient (Wildman–Crippen LogP) is 6.15. The summed E-state index contributed by atoms with van der Waals surface area (Å²) < 4.78 is 38.3. The summed E-state index contributed by atoms with van der Waals surface area (Å²) in [7, 11) is -3.57. The number of halogens is 1. The van der Waals surface area contributed by atoms with E-state index in [1.807, 2.05) is 24.3 Å². The molecule has 0 unspecified atom stereocenters. The van der Waals surface area contributed by atoms with Crippen molar-refractivity contribution in [1.82, 2.24) is 0 Å². The molecule has 7 heteroatoms. The molecule has 0 bridgehead atoms. The van der Waals surface area contributed by atoms with Gasteiger partial charge in [0.05, 0.1) is 11.3 Å². The fourth-order valence-electron chi connectivity index (χ4n) is 3.98. The molecule has 0 aliphatic heterocycles. The highest BCUT2D eigenvalue weighted by Crippen LogP contribution is 2.19. The summed E-state index contributed by atoms with van der Waals surface area (Å²) in [6, 6.07) is 20.7. The van der Waals surface area contributed by atoms with Crippen molar-refractivity contribution >= 4 is 21.5 Å². The maximum Gasteiger partial charge on any atom is 0.335 e. The maximum absolute atomic E-state index is 13.7.